The molecule has 0 bridgehead atoms. The molecule has 2 aliphatic rings. The molecule has 0 radical (unpaired) electrons. The summed E-state index contributed by atoms with van der Waals surface area (Å²) in [5.41, 5.74) is 0.466. The van der Waals surface area contributed by atoms with Crippen molar-refractivity contribution in [1.29, 1.82) is 0 Å². The first-order valence-corrected chi connectivity index (χ1v) is 32.6. The zero-order chi connectivity index (χ0) is 66.3. The lowest BCUT2D eigenvalue weighted by Gasteiger charge is -2.42. The number of hydrogen-bond donors (Lipinski definition) is 19. The van der Waals surface area contributed by atoms with E-state index in [-0.39, 0.29) is 63.5 Å². The molecule has 2 heterocycles. The average molecular weight is 1280 g/mol. The van der Waals surface area contributed by atoms with Gasteiger partial charge in [0.05, 0.1) is 79.9 Å². The molecule has 24 nitrogen and oxygen atoms in total. The van der Waals surface area contributed by atoms with E-state index in [2.05, 4.69) is 17.3 Å². The zero-order valence-electron chi connectivity index (χ0n) is 51.5. The van der Waals surface area contributed by atoms with E-state index >= 15 is 0 Å². The smallest absolute Gasteiger partial charge is 0.393 e. The van der Waals surface area contributed by atoms with Crippen LogP contribution in [0.5, 0.6) is 0 Å². The van der Waals surface area contributed by atoms with E-state index in [1.807, 2.05) is 42.5 Å². The second kappa shape index (κ2) is 43.2. The molecule has 2 fully saturated rings. The number of rotatable bonds is 46. The number of ether oxygens (including phenoxy) is 2. The highest BCUT2D eigenvalue weighted by molar-refractivity contribution is 7.80. The molecule has 0 aromatic rings. The number of aliphatic hydroxyl groups is 18. The first-order valence-electron chi connectivity index (χ1n) is 31.2. The maximum Gasteiger partial charge on any atom is 0.397 e. The summed E-state index contributed by atoms with van der Waals surface area (Å²) in [5, 5.41) is 195. The Labute approximate surface area is 520 Å². The monoisotopic (exact) mass is 1280 g/mol. The van der Waals surface area contributed by atoms with Crippen molar-refractivity contribution in [2.24, 2.45) is 11.8 Å². The summed E-state index contributed by atoms with van der Waals surface area (Å²) in [7, 11) is -4.47. The lowest BCUT2D eigenvalue weighted by Crippen LogP contribution is -2.59. The third-order valence-corrected chi connectivity index (χ3v) is 17.1. The van der Waals surface area contributed by atoms with Crippen LogP contribution in [0.1, 0.15) is 156 Å². The van der Waals surface area contributed by atoms with Crippen LogP contribution >= 0.6 is 0 Å². The van der Waals surface area contributed by atoms with Crippen molar-refractivity contribution in [3.05, 3.63) is 85.1 Å². The quantitative estimate of drug-likeness (QED) is 0.0176. The zero-order valence-corrected chi connectivity index (χ0v) is 52.4. The highest BCUT2D eigenvalue weighted by atomic mass is 32.3. The maximum absolute atomic E-state index is 11.2. The molecule has 25 heteroatoms. The van der Waals surface area contributed by atoms with Gasteiger partial charge in [-0.1, -0.05) is 99.6 Å². The molecule has 0 aliphatic carbocycles. The van der Waals surface area contributed by atoms with E-state index in [4.69, 9.17) is 14.0 Å². The van der Waals surface area contributed by atoms with Crippen molar-refractivity contribution in [3.63, 3.8) is 0 Å². The SMILES string of the molecule is C=CCC/C=C/C=C/C=C/CC/C=C/[C@H](O)[C@@H](O)[C@@H]1O[C@H]([C@@H](O)[C@@H](O)C(=C)CC[C@H](O)[C@@H]2C[C@@H](O)[C@@H](O)[C@@H]([C@@H](O)[C@H](O)/C=C(\C)CC[C@H](O)C[C@@H](O)[C@@H](O)[C@H](C)C[C@@H](O)[C@H](O)[C@H](C)CC[C@@H](O)CCC[C@H](O)CCCCCOS(=O)(=O)O)O2)C[C@@H](O)[C@H]1O. The Morgan fingerprint density at radius 1 is 0.568 bits per heavy atom. The summed E-state index contributed by atoms with van der Waals surface area (Å²) in [4.78, 5) is 0. The van der Waals surface area contributed by atoms with Crippen LogP contribution < -0.4 is 0 Å². The molecule has 0 aromatic heterocycles. The third kappa shape index (κ3) is 31.2. The van der Waals surface area contributed by atoms with Crippen molar-refractivity contribution in [3.8, 4) is 0 Å². The second-order valence-electron chi connectivity index (χ2n) is 24.3. The molecule has 2 rings (SSSR count). The van der Waals surface area contributed by atoms with Crippen LogP contribution in [0.2, 0.25) is 0 Å². The molecule has 0 aromatic carbocycles. The van der Waals surface area contributed by atoms with Crippen molar-refractivity contribution in [2.45, 2.75) is 290 Å². The highest BCUT2D eigenvalue weighted by Crippen LogP contribution is 2.32. The minimum absolute atomic E-state index is 0.00132. The molecule has 0 amide bonds. The summed E-state index contributed by atoms with van der Waals surface area (Å²) >= 11 is 0. The van der Waals surface area contributed by atoms with E-state index in [1.165, 1.54) is 12.2 Å². The lowest BCUT2D eigenvalue weighted by atomic mass is 9.85. The molecular weight excluding hydrogens is 1170 g/mol. The van der Waals surface area contributed by atoms with Gasteiger partial charge < -0.3 is 101 Å². The maximum atomic E-state index is 11.2. The van der Waals surface area contributed by atoms with Crippen molar-refractivity contribution in [2.75, 3.05) is 6.61 Å². The Morgan fingerprint density at radius 2 is 1.09 bits per heavy atom. The van der Waals surface area contributed by atoms with E-state index in [9.17, 15) is 100 Å². The normalized spacial score (nSPS) is 27.3. The van der Waals surface area contributed by atoms with E-state index < -0.39 is 157 Å². The summed E-state index contributed by atoms with van der Waals surface area (Å²) in [6, 6.07) is 0. The van der Waals surface area contributed by atoms with Crippen molar-refractivity contribution < 1.29 is 119 Å². The Balaban J connectivity index is 1.82. The molecule has 19 N–H and O–H groups in total. The standard InChI is InChI=1S/C63H110O24S/c1-6-7-8-9-10-11-12-13-14-15-16-19-25-46(68)57(77)62-60(80)51(73)37-53(87-62)61(81)56(76)40(4)28-31-45(67)52-36-50(72)59(79)63(86-52)58(78)47(69)33-38(2)26-29-44(66)35-49(71)55(75)41(5)34-48(70)54(74)39(3)27-30-43(65)24-21-23-42(64)22-18-17-20-32-85-88(82,83)84/h6,9-14,19,25,33,39,41-81H,1,4,7-8,15-18,20-24,26-32,34-37H2,2-3,5H3,(H,82,83,84)/b10-9+,12-11+,14-13+,25-19+,38-33+/t39-,41-,42-,43+,44+,45+,46+,47-,48-,49-,50-,51-,52+,53+,54-,55+,56+,57-,58+,59-,60-,61-,62+,63-/m1/s1. The Kier molecular flexibility index (Phi) is 39.9. The topological polar surface area (TPSA) is 446 Å². The molecule has 0 saturated carbocycles. The van der Waals surface area contributed by atoms with Gasteiger partial charge in [-0.15, -0.1) is 6.58 Å². The Morgan fingerprint density at radius 3 is 1.69 bits per heavy atom. The first-order chi connectivity index (χ1) is 41.4. The fourth-order valence-corrected chi connectivity index (χ4v) is 11.1. The lowest BCUT2D eigenvalue weighted by molar-refractivity contribution is -0.234. The van der Waals surface area contributed by atoms with Gasteiger partial charge in [0, 0.05) is 19.3 Å². The van der Waals surface area contributed by atoms with Crippen LogP contribution in [0.4, 0.5) is 0 Å². The van der Waals surface area contributed by atoms with Crippen LogP contribution in [0, 0.1) is 11.8 Å². The second-order valence-corrected chi connectivity index (χ2v) is 25.4. The molecular formula is C63H110O24S. The fourth-order valence-electron chi connectivity index (χ4n) is 10.8. The number of hydrogen-bond acceptors (Lipinski definition) is 23. The summed E-state index contributed by atoms with van der Waals surface area (Å²) < 4.78 is 45.6. The molecule has 0 unspecified atom stereocenters. The van der Waals surface area contributed by atoms with Gasteiger partial charge in [0.25, 0.3) is 0 Å². The summed E-state index contributed by atoms with van der Waals surface area (Å²) in [5.74, 6) is -1.16. The largest absolute Gasteiger partial charge is 0.397 e. The van der Waals surface area contributed by atoms with Crippen LogP contribution in [0.3, 0.4) is 0 Å². The van der Waals surface area contributed by atoms with Gasteiger partial charge in [0.2, 0.25) is 0 Å². The fraction of sp³-hybridized carbons (Fsp3) is 0.778. The van der Waals surface area contributed by atoms with Crippen LogP contribution in [-0.2, 0) is 24.1 Å². The molecule has 512 valence electrons. The van der Waals surface area contributed by atoms with Crippen LogP contribution in [0.25, 0.3) is 0 Å². The van der Waals surface area contributed by atoms with Crippen molar-refractivity contribution in [1.82, 2.24) is 0 Å². The summed E-state index contributed by atoms with van der Waals surface area (Å²) in [6.45, 7) is 12.2. The van der Waals surface area contributed by atoms with E-state index in [0.717, 1.165) is 12.8 Å². The van der Waals surface area contributed by atoms with E-state index in [0.29, 0.717) is 76.2 Å². The molecule has 0 spiro atoms. The molecule has 88 heavy (non-hydrogen) atoms. The molecule has 24 atom stereocenters. The minimum Gasteiger partial charge on any atom is -0.393 e. The van der Waals surface area contributed by atoms with Crippen LogP contribution in [-0.4, -0.2) is 246 Å². The number of allylic oxidation sites excluding steroid dienone is 9. The summed E-state index contributed by atoms with van der Waals surface area (Å²) in [6.07, 6.45) is -7.92. The Bertz CT molecular complexity index is 2180. The third-order valence-electron chi connectivity index (χ3n) is 16.6. The van der Waals surface area contributed by atoms with E-state index in [1.54, 1.807) is 26.8 Å². The highest BCUT2D eigenvalue weighted by Gasteiger charge is 2.47. The van der Waals surface area contributed by atoms with Crippen molar-refractivity contribution >= 4 is 10.4 Å². The molecule has 2 saturated heterocycles. The van der Waals surface area contributed by atoms with Gasteiger partial charge in [0.1, 0.15) is 61.0 Å². The minimum atomic E-state index is -4.47. The van der Waals surface area contributed by atoms with Gasteiger partial charge in [-0.2, -0.15) is 8.42 Å². The molecule has 2 aliphatic heterocycles. The van der Waals surface area contributed by atoms with Gasteiger partial charge in [-0.25, -0.2) is 4.18 Å². The van der Waals surface area contributed by atoms with Gasteiger partial charge in [0.15, 0.2) is 0 Å². The van der Waals surface area contributed by atoms with Gasteiger partial charge in [-0.05, 0) is 127 Å². The predicted molar refractivity (Wildman–Crippen MR) is 328 cm³/mol. The number of aliphatic hydroxyl groups excluding tert-OH is 18. The Hall–Kier alpha value is -2.75. The average Bonchev–Trinajstić information content (AvgIpc) is 1.05. The first kappa shape index (κ1) is 81.3. The predicted octanol–water partition coefficient (Wildman–Crippen LogP) is 1.21. The van der Waals surface area contributed by atoms with Gasteiger partial charge >= 0.3 is 10.4 Å². The van der Waals surface area contributed by atoms with Gasteiger partial charge in [-0.3, -0.25) is 4.55 Å². The number of unbranched alkanes of at least 4 members (excludes halogenated alkanes) is 4. The van der Waals surface area contributed by atoms with Crippen LogP contribution in [0.15, 0.2) is 85.1 Å².